The number of nitrogens with one attached hydrogen (secondary N) is 1. The minimum Gasteiger partial charge on any atom is -0.494 e. The van der Waals surface area contributed by atoms with Gasteiger partial charge >= 0.3 is 0 Å². The van der Waals surface area contributed by atoms with E-state index in [4.69, 9.17) is 22.2 Å². The SMILES string of the molecule is CCOc1ccc(-c2nc(C(=O)NN)cnc2Cl)cc1. The predicted molar refractivity (Wildman–Crippen MR) is 75.3 cm³/mol. The Morgan fingerprint density at radius 1 is 1.40 bits per heavy atom. The molecule has 0 saturated carbocycles. The van der Waals surface area contributed by atoms with E-state index in [1.54, 1.807) is 24.3 Å². The van der Waals surface area contributed by atoms with Crippen LogP contribution in [0.4, 0.5) is 0 Å². The number of carbonyl (C=O) groups excluding carboxylic acids is 1. The number of carbonyl (C=O) groups is 1. The van der Waals surface area contributed by atoms with Crippen LogP contribution in [0.2, 0.25) is 5.15 Å². The van der Waals surface area contributed by atoms with Crippen LogP contribution < -0.4 is 16.0 Å². The van der Waals surface area contributed by atoms with Gasteiger partial charge < -0.3 is 4.74 Å². The van der Waals surface area contributed by atoms with Gasteiger partial charge in [-0.3, -0.25) is 10.2 Å². The molecule has 0 fully saturated rings. The fourth-order valence-electron chi connectivity index (χ4n) is 1.62. The summed E-state index contributed by atoms with van der Waals surface area (Å²) in [5.41, 5.74) is 3.25. The molecule has 1 heterocycles. The number of benzene rings is 1. The number of nitrogens with zero attached hydrogens (tertiary/aromatic N) is 2. The predicted octanol–water partition coefficient (Wildman–Crippen LogP) is 1.80. The van der Waals surface area contributed by atoms with Crippen LogP contribution in [-0.4, -0.2) is 22.5 Å². The Labute approximate surface area is 120 Å². The summed E-state index contributed by atoms with van der Waals surface area (Å²) >= 11 is 6.01. The highest BCUT2D eigenvalue weighted by Gasteiger charge is 2.12. The standard InChI is InChI=1S/C13H13ClN4O2/c1-2-20-9-5-3-8(4-6-9)11-12(14)16-7-10(17-11)13(19)18-15/h3-7H,2,15H2,1H3,(H,18,19). The van der Waals surface area contributed by atoms with Gasteiger partial charge in [0.1, 0.15) is 17.1 Å². The number of ether oxygens (including phenoxy) is 1. The summed E-state index contributed by atoms with van der Waals surface area (Å²) in [6.07, 6.45) is 1.27. The summed E-state index contributed by atoms with van der Waals surface area (Å²) in [7, 11) is 0. The van der Waals surface area contributed by atoms with E-state index in [1.807, 2.05) is 12.3 Å². The first-order valence-corrected chi connectivity index (χ1v) is 6.30. The van der Waals surface area contributed by atoms with Crippen molar-refractivity contribution in [1.29, 1.82) is 0 Å². The van der Waals surface area contributed by atoms with E-state index < -0.39 is 5.91 Å². The molecule has 1 amide bonds. The summed E-state index contributed by atoms with van der Waals surface area (Å²) in [5, 5.41) is 0.211. The van der Waals surface area contributed by atoms with Crippen molar-refractivity contribution in [2.45, 2.75) is 6.92 Å². The summed E-state index contributed by atoms with van der Waals surface area (Å²) in [6, 6.07) is 7.19. The Morgan fingerprint density at radius 3 is 2.70 bits per heavy atom. The van der Waals surface area contributed by atoms with Crippen LogP contribution >= 0.6 is 11.6 Å². The zero-order chi connectivity index (χ0) is 14.5. The summed E-state index contributed by atoms with van der Waals surface area (Å²) in [5.74, 6) is 5.29. The minimum absolute atomic E-state index is 0.0979. The Bertz CT molecular complexity index is 616. The maximum atomic E-state index is 11.4. The molecule has 0 aliphatic rings. The fourth-order valence-corrected chi connectivity index (χ4v) is 1.82. The van der Waals surface area contributed by atoms with Crippen LogP contribution in [0.5, 0.6) is 5.75 Å². The van der Waals surface area contributed by atoms with Crippen LogP contribution in [0.25, 0.3) is 11.3 Å². The molecule has 20 heavy (non-hydrogen) atoms. The molecule has 0 unspecified atom stereocenters. The molecule has 3 N–H and O–H groups in total. The highest BCUT2D eigenvalue weighted by atomic mass is 35.5. The molecule has 6 nitrogen and oxygen atoms in total. The molecular formula is C13H13ClN4O2. The molecule has 0 spiro atoms. The minimum atomic E-state index is -0.527. The number of hydrazine groups is 1. The van der Waals surface area contributed by atoms with Crippen LogP contribution in [0.3, 0.4) is 0 Å². The molecule has 1 aromatic heterocycles. The lowest BCUT2D eigenvalue weighted by molar-refractivity contribution is 0.0948. The number of rotatable bonds is 4. The van der Waals surface area contributed by atoms with Gasteiger partial charge in [0.25, 0.3) is 5.91 Å². The fraction of sp³-hybridized carbons (Fsp3) is 0.154. The van der Waals surface area contributed by atoms with Crippen molar-refractivity contribution in [3.63, 3.8) is 0 Å². The largest absolute Gasteiger partial charge is 0.494 e. The highest BCUT2D eigenvalue weighted by Crippen LogP contribution is 2.26. The van der Waals surface area contributed by atoms with Gasteiger partial charge in [0.2, 0.25) is 0 Å². The summed E-state index contributed by atoms with van der Waals surface area (Å²) in [6.45, 7) is 2.50. The van der Waals surface area contributed by atoms with E-state index in [0.717, 1.165) is 11.3 Å². The van der Waals surface area contributed by atoms with Gasteiger partial charge in [-0.2, -0.15) is 0 Å². The van der Waals surface area contributed by atoms with E-state index in [1.165, 1.54) is 6.20 Å². The van der Waals surface area contributed by atoms with Gasteiger partial charge in [-0.05, 0) is 31.2 Å². The molecule has 0 saturated heterocycles. The van der Waals surface area contributed by atoms with Gasteiger partial charge in [-0.1, -0.05) is 11.6 Å². The lowest BCUT2D eigenvalue weighted by Crippen LogP contribution is -2.30. The maximum absolute atomic E-state index is 11.4. The lowest BCUT2D eigenvalue weighted by Gasteiger charge is -2.07. The monoisotopic (exact) mass is 292 g/mol. The van der Waals surface area contributed by atoms with Crippen molar-refractivity contribution < 1.29 is 9.53 Å². The zero-order valence-electron chi connectivity index (χ0n) is 10.8. The van der Waals surface area contributed by atoms with Gasteiger partial charge in [0, 0.05) is 5.56 Å². The normalized spacial score (nSPS) is 10.2. The van der Waals surface area contributed by atoms with Gasteiger partial charge in [-0.15, -0.1) is 0 Å². The third-order valence-corrected chi connectivity index (χ3v) is 2.81. The topological polar surface area (TPSA) is 90.1 Å². The quantitative estimate of drug-likeness (QED) is 0.509. The van der Waals surface area contributed by atoms with Crippen LogP contribution in [-0.2, 0) is 0 Å². The first kappa shape index (κ1) is 14.2. The molecular weight excluding hydrogens is 280 g/mol. The molecule has 0 aliphatic heterocycles. The number of hydrogen-bond acceptors (Lipinski definition) is 5. The molecule has 1 aromatic carbocycles. The molecule has 2 aromatic rings. The van der Waals surface area contributed by atoms with Crippen molar-refractivity contribution in [2.75, 3.05) is 6.61 Å². The second-order valence-corrected chi connectivity index (χ2v) is 4.18. The Hall–Kier alpha value is -2.18. The van der Waals surface area contributed by atoms with Crippen LogP contribution in [0.15, 0.2) is 30.5 Å². The second kappa shape index (κ2) is 6.31. The van der Waals surface area contributed by atoms with Gasteiger partial charge in [0.15, 0.2) is 5.15 Å². The molecule has 104 valence electrons. The van der Waals surface area contributed by atoms with Gasteiger partial charge in [-0.25, -0.2) is 15.8 Å². The summed E-state index contributed by atoms with van der Waals surface area (Å²) < 4.78 is 5.36. The van der Waals surface area contributed by atoms with Gasteiger partial charge in [0.05, 0.1) is 12.8 Å². The van der Waals surface area contributed by atoms with E-state index in [9.17, 15) is 4.79 Å². The maximum Gasteiger partial charge on any atom is 0.285 e. The highest BCUT2D eigenvalue weighted by molar-refractivity contribution is 6.31. The number of hydrogen-bond donors (Lipinski definition) is 2. The third-order valence-electron chi connectivity index (χ3n) is 2.53. The molecule has 0 bridgehead atoms. The number of aromatic nitrogens is 2. The average molecular weight is 293 g/mol. The summed E-state index contributed by atoms with van der Waals surface area (Å²) in [4.78, 5) is 19.5. The molecule has 2 rings (SSSR count). The number of halogens is 1. The third kappa shape index (κ3) is 3.04. The smallest absolute Gasteiger partial charge is 0.285 e. The average Bonchev–Trinajstić information content (AvgIpc) is 2.48. The number of amides is 1. The molecule has 7 heteroatoms. The number of nitrogens with two attached hydrogens (primary N) is 1. The first-order chi connectivity index (χ1) is 9.65. The Balaban J connectivity index is 2.38. The Morgan fingerprint density at radius 2 is 2.10 bits per heavy atom. The number of nitrogen functional groups attached to an aromatic ring is 1. The van der Waals surface area contributed by atoms with E-state index >= 15 is 0 Å². The van der Waals surface area contributed by atoms with Crippen molar-refractivity contribution in [1.82, 2.24) is 15.4 Å². The van der Waals surface area contributed by atoms with E-state index in [2.05, 4.69) is 9.97 Å². The van der Waals surface area contributed by atoms with Crippen molar-refractivity contribution in [2.24, 2.45) is 5.84 Å². The van der Waals surface area contributed by atoms with Crippen molar-refractivity contribution in [3.05, 3.63) is 41.3 Å². The zero-order valence-corrected chi connectivity index (χ0v) is 11.5. The molecule has 0 atom stereocenters. The first-order valence-electron chi connectivity index (χ1n) is 5.92. The molecule has 0 aliphatic carbocycles. The van der Waals surface area contributed by atoms with Crippen molar-refractivity contribution >= 4 is 17.5 Å². The van der Waals surface area contributed by atoms with Crippen LogP contribution in [0.1, 0.15) is 17.4 Å². The Kier molecular flexibility index (Phi) is 4.49. The second-order valence-electron chi connectivity index (χ2n) is 3.83. The van der Waals surface area contributed by atoms with E-state index in [0.29, 0.717) is 12.3 Å². The van der Waals surface area contributed by atoms with Crippen molar-refractivity contribution in [3.8, 4) is 17.0 Å². The van der Waals surface area contributed by atoms with E-state index in [-0.39, 0.29) is 10.8 Å². The van der Waals surface area contributed by atoms with Crippen LogP contribution in [0, 0.1) is 0 Å². The lowest BCUT2D eigenvalue weighted by atomic mass is 10.1. The molecule has 0 radical (unpaired) electrons.